The number of hydrogen-bond donors (Lipinski definition) is 1. The average molecular weight is 402 g/mol. The van der Waals surface area contributed by atoms with E-state index in [0.717, 1.165) is 38.3 Å². The van der Waals surface area contributed by atoms with Gasteiger partial charge >= 0.3 is 0 Å². The van der Waals surface area contributed by atoms with E-state index in [4.69, 9.17) is 0 Å². The Bertz CT molecular complexity index is 970. The van der Waals surface area contributed by atoms with Gasteiger partial charge in [0.15, 0.2) is 0 Å². The van der Waals surface area contributed by atoms with Gasteiger partial charge in [0.2, 0.25) is 10.0 Å². The third kappa shape index (κ3) is 3.88. The summed E-state index contributed by atoms with van der Waals surface area (Å²) in [5, 5.41) is 0. The SMILES string of the molecule is CS(=O)(=O)N1CCc2cc(C(=O)N3CC[NH+](Cc4ccncc4)CC3)ccc21. The first-order valence-electron chi connectivity index (χ1n) is 9.54. The molecule has 0 unspecified atom stereocenters. The van der Waals surface area contributed by atoms with Gasteiger partial charge in [-0.3, -0.25) is 14.1 Å². The molecule has 7 nitrogen and oxygen atoms in total. The van der Waals surface area contributed by atoms with Gasteiger partial charge < -0.3 is 9.80 Å². The second-order valence-corrected chi connectivity index (χ2v) is 9.41. The summed E-state index contributed by atoms with van der Waals surface area (Å²) in [6, 6.07) is 9.45. The van der Waals surface area contributed by atoms with Crippen molar-refractivity contribution >= 4 is 21.6 Å². The van der Waals surface area contributed by atoms with Crippen molar-refractivity contribution in [3.8, 4) is 0 Å². The van der Waals surface area contributed by atoms with Gasteiger partial charge in [-0.25, -0.2) is 8.42 Å². The number of rotatable bonds is 4. The van der Waals surface area contributed by atoms with Gasteiger partial charge in [-0.2, -0.15) is 0 Å². The number of benzene rings is 1. The summed E-state index contributed by atoms with van der Waals surface area (Å²) in [7, 11) is -3.27. The van der Waals surface area contributed by atoms with Crippen LogP contribution in [0.3, 0.4) is 0 Å². The number of pyridine rings is 1. The maximum atomic E-state index is 12.9. The number of sulfonamides is 1. The third-order valence-electron chi connectivity index (χ3n) is 5.54. The van der Waals surface area contributed by atoms with Crippen LogP contribution < -0.4 is 9.21 Å². The van der Waals surface area contributed by atoms with Crippen molar-refractivity contribution in [3.63, 3.8) is 0 Å². The van der Waals surface area contributed by atoms with Crippen molar-refractivity contribution in [2.24, 2.45) is 0 Å². The minimum Gasteiger partial charge on any atom is -0.328 e. The lowest BCUT2D eigenvalue weighted by molar-refractivity contribution is -0.917. The second-order valence-electron chi connectivity index (χ2n) is 7.50. The molecule has 0 spiro atoms. The van der Waals surface area contributed by atoms with E-state index in [1.807, 2.05) is 35.5 Å². The first-order chi connectivity index (χ1) is 13.4. The number of fused-ring (bicyclic) bond motifs is 1. The first kappa shape index (κ1) is 18.9. The third-order valence-corrected chi connectivity index (χ3v) is 6.72. The number of nitrogens with one attached hydrogen (secondary N) is 1. The summed E-state index contributed by atoms with van der Waals surface area (Å²) < 4.78 is 25.2. The standard InChI is InChI=1S/C20H24N4O3S/c1-28(26,27)24-9-6-17-14-18(2-3-19(17)24)20(25)23-12-10-22(11-13-23)15-16-4-7-21-8-5-16/h2-5,7-8,14H,6,9-13,15H2,1H3/p+1. The molecule has 0 saturated carbocycles. The Balaban J connectivity index is 1.40. The Morgan fingerprint density at radius 1 is 1.11 bits per heavy atom. The van der Waals surface area contributed by atoms with Gasteiger partial charge in [-0.1, -0.05) is 0 Å². The topological polar surface area (TPSA) is 75.0 Å². The summed E-state index contributed by atoms with van der Waals surface area (Å²) >= 11 is 0. The lowest BCUT2D eigenvalue weighted by Gasteiger charge is -2.32. The Kier molecular flexibility index (Phi) is 5.07. The van der Waals surface area contributed by atoms with Gasteiger partial charge in [0.25, 0.3) is 5.91 Å². The summed E-state index contributed by atoms with van der Waals surface area (Å²) in [5.41, 5.74) is 3.54. The van der Waals surface area contributed by atoms with E-state index in [1.165, 1.54) is 21.0 Å². The summed E-state index contributed by atoms with van der Waals surface area (Å²) in [4.78, 5) is 20.3. The Labute approximate surface area is 165 Å². The molecule has 2 aliphatic rings. The van der Waals surface area contributed by atoms with Crippen LogP contribution in [-0.2, 0) is 23.0 Å². The molecule has 4 rings (SSSR count). The monoisotopic (exact) mass is 401 g/mol. The van der Waals surface area contributed by atoms with Gasteiger partial charge in [-0.15, -0.1) is 0 Å². The molecule has 28 heavy (non-hydrogen) atoms. The number of amides is 1. The Hall–Kier alpha value is -2.45. The van der Waals surface area contributed by atoms with Crippen molar-refractivity contribution < 1.29 is 18.1 Å². The van der Waals surface area contributed by atoms with Crippen LogP contribution in [0.25, 0.3) is 0 Å². The molecule has 1 amide bonds. The minimum absolute atomic E-state index is 0.0311. The van der Waals surface area contributed by atoms with Gasteiger partial charge in [-0.05, 0) is 42.3 Å². The highest BCUT2D eigenvalue weighted by Crippen LogP contribution is 2.31. The van der Waals surface area contributed by atoms with E-state index in [2.05, 4.69) is 4.98 Å². The number of quaternary nitrogens is 1. The molecular formula is C20H25N4O3S+. The highest BCUT2D eigenvalue weighted by Gasteiger charge is 2.29. The molecule has 1 aromatic carbocycles. The summed E-state index contributed by atoms with van der Waals surface area (Å²) in [6.45, 7) is 4.69. The van der Waals surface area contributed by atoms with E-state index >= 15 is 0 Å². The fourth-order valence-corrected chi connectivity index (χ4v) is 4.98. The van der Waals surface area contributed by atoms with Crippen LogP contribution in [0.15, 0.2) is 42.7 Å². The molecule has 0 atom stereocenters. The molecule has 0 radical (unpaired) electrons. The predicted molar refractivity (Wildman–Crippen MR) is 107 cm³/mol. The fraction of sp³-hybridized carbons (Fsp3) is 0.400. The molecule has 2 aromatic rings. The molecule has 1 aromatic heterocycles. The predicted octanol–water partition coefficient (Wildman–Crippen LogP) is -0.0554. The van der Waals surface area contributed by atoms with Crippen molar-refractivity contribution in [1.29, 1.82) is 0 Å². The second kappa shape index (κ2) is 7.52. The van der Waals surface area contributed by atoms with E-state index in [0.29, 0.717) is 24.2 Å². The van der Waals surface area contributed by atoms with Crippen LogP contribution in [0.2, 0.25) is 0 Å². The average Bonchev–Trinajstić information content (AvgIpc) is 3.12. The Morgan fingerprint density at radius 3 is 2.50 bits per heavy atom. The smallest absolute Gasteiger partial charge is 0.254 e. The molecule has 3 heterocycles. The van der Waals surface area contributed by atoms with Gasteiger partial charge in [0.05, 0.1) is 38.1 Å². The zero-order chi connectivity index (χ0) is 19.7. The largest absolute Gasteiger partial charge is 0.328 e. The molecule has 2 aliphatic heterocycles. The highest BCUT2D eigenvalue weighted by molar-refractivity contribution is 7.92. The highest BCUT2D eigenvalue weighted by atomic mass is 32.2. The normalized spacial score (nSPS) is 17.6. The minimum atomic E-state index is -3.27. The van der Waals surface area contributed by atoms with Crippen LogP contribution in [0.5, 0.6) is 0 Å². The van der Waals surface area contributed by atoms with Crippen molar-refractivity contribution in [2.75, 3.05) is 43.3 Å². The van der Waals surface area contributed by atoms with Gasteiger partial charge in [0.1, 0.15) is 6.54 Å². The lowest BCUT2D eigenvalue weighted by atomic mass is 10.1. The zero-order valence-electron chi connectivity index (χ0n) is 16.0. The molecule has 8 heteroatoms. The first-order valence-corrected chi connectivity index (χ1v) is 11.4. The molecule has 0 aliphatic carbocycles. The number of carbonyl (C=O) groups is 1. The Morgan fingerprint density at radius 2 is 1.82 bits per heavy atom. The van der Waals surface area contributed by atoms with Crippen LogP contribution >= 0.6 is 0 Å². The van der Waals surface area contributed by atoms with E-state index in [9.17, 15) is 13.2 Å². The van der Waals surface area contributed by atoms with Crippen LogP contribution in [0.1, 0.15) is 21.5 Å². The molecule has 148 valence electrons. The molecule has 1 fully saturated rings. The maximum Gasteiger partial charge on any atom is 0.254 e. The lowest BCUT2D eigenvalue weighted by Crippen LogP contribution is -3.13. The molecule has 1 N–H and O–H groups in total. The number of aromatic nitrogens is 1. The van der Waals surface area contributed by atoms with Crippen LogP contribution in [-0.4, -0.2) is 63.2 Å². The van der Waals surface area contributed by atoms with E-state index < -0.39 is 10.0 Å². The number of anilines is 1. The maximum absolute atomic E-state index is 12.9. The number of carbonyl (C=O) groups excluding carboxylic acids is 1. The van der Waals surface area contributed by atoms with E-state index in [1.54, 1.807) is 12.1 Å². The van der Waals surface area contributed by atoms with Crippen molar-refractivity contribution in [3.05, 3.63) is 59.4 Å². The summed E-state index contributed by atoms with van der Waals surface area (Å²) in [6.07, 6.45) is 5.49. The van der Waals surface area contributed by atoms with Crippen molar-refractivity contribution in [2.45, 2.75) is 13.0 Å². The van der Waals surface area contributed by atoms with Gasteiger partial charge in [0, 0.05) is 30.1 Å². The number of nitrogens with zero attached hydrogens (tertiary/aromatic N) is 3. The van der Waals surface area contributed by atoms with Crippen LogP contribution in [0, 0.1) is 0 Å². The quantitative estimate of drug-likeness (QED) is 0.779. The zero-order valence-corrected chi connectivity index (χ0v) is 16.8. The fourth-order valence-electron chi connectivity index (χ4n) is 4.02. The van der Waals surface area contributed by atoms with Crippen LogP contribution in [0.4, 0.5) is 5.69 Å². The molecular weight excluding hydrogens is 376 g/mol. The number of piperazine rings is 1. The molecule has 0 bridgehead atoms. The summed E-state index contributed by atoms with van der Waals surface area (Å²) in [5.74, 6) is 0.0311. The molecule has 1 saturated heterocycles. The number of hydrogen-bond acceptors (Lipinski definition) is 4. The van der Waals surface area contributed by atoms with E-state index in [-0.39, 0.29) is 5.91 Å². The van der Waals surface area contributed by atoms with Crippen molar-refractivity contribution in [1.82, 2.24) is 9.88 Å².